The van der Waals surface area contributed by atoms with Crippen LogP contribution in [-0.4, -0.2) is 19.9 Å². The third-order valence-electron chi connectivity index (χ3n) is 2.64. The first kappa shape index (κ1) is 18.5. The smallest absolute Gasteiger partial charge is 0.505 e. The number of hydrogen-bond donors (Lipinski definition) is 2. The third kappa shape index (κ3) is 4.59. The number of nitrogens with one attached hydrogen (secondary N) is 1. The summed E-state index contributed by atoms with van der Waals surface area (Å²) in [4.78, 5) is -0.308. The van der Waals surface area contributed by atoms with Crippen LogP contribution in [0.2, 0.25) is 10.0 Å². The summed E-state index contributed by atoms with van der Waals surface area (Å²) >= 11 is 11.4. The maximum atomic E-state index is 12.2. The first-order valence-corrected chi connectivity index (χ1v) is 8.28. The Balaban J connectivity index is 2.24. The van der Waals surface area contributed by atoms with Crippen LogP contribution in [0, 0.1) is 0 Å². The van der Waals surface area contributed by atoms with Crippen molar-refractivity contribution in [3.05, 3.63) is 46.4 Å². The monoisotopic (exact) mass is 401 g/mol. The van der Waals surface area contributed by atoms with Gasteiger partial charge in [-0.1, -0.05) is 23.2 Å². The highest BCUT2D eigenvalue weighted by molar-refractivity contribution is 7.92. The molecule has 11 heteroatoms. The molecule has 0 aromatic heterocycles. The lowest BCUT2D eigenvalue weighted by Gasteiger charge is -2.11. The Labute approximate surface area is 144 Å². The molecule has 2 aromatic rings. The molecule has 130 valence electrons. The van der Waals surface area contributed by atoms with Crippen molar-refractivity contribution < 1.29 is 31.4 Å². The lowest BCUT2D eigenvalue weighted by molar-refractivity contribution is -0.274. The molecule has 0 unspecified atom stereocenters. The van der Waals surface area contributed by atoms with Crippen LogP contribution < -0.4 is 9.46 Å². The average Bonchev–Trinajstić information content (AvgIpc) is 2.43. The fraction of sp³-hybridized carbons (Fsp3) is 0.0769. The number of ether oxygens (including phenoxy) is 1. The van der Waals surface area contributed by atoms with E-state index in [2.05, 4.69) is 9.46 Å². The Bertz CT molecular complexity index is 832. The highest BCUT2D eigenvalue weighted by atomic mass is 35.5. The number of rotatable bonds is 4. The van der Waals surface area contributed by atoms with E-state index in [-0.39, 0.29) is 20.6 Å². The van der Waals surface area contributed by atoms with Gasteiger partial charge in [0.2, 0.25) is 0 Å². The summed E-state index contributed by atoms with van der Waals surface area (Å²) in [6, 6.07) is 5.85. The number of anilines is 1. The Morgan fingerprint density at radius 3 is 2.00 bits per heavy atom. The van der Waals surface area contributed by atoms with Gasteiger partial charge in [-0.3, -0.25) is 4.72 Å². The summed E-state index contributed by atoms with van der Waals surface area (Å²) in [5.41, 5.74) is -0.0292. The Morgan fingerprint density at radius 1 is 1.04 bits per heavy atom. The van der Waals surface area contributed by atoms with Gasteiger partial charge in [0.15, 0.2) is 5.75 Å². The van der Waals surface area contributed by atoms with E-state index in [1.165, 1.54) is 0 Å². The summed E-state index contributed by atoms with van der Waals surface area (Å²) in [5, 5.41) is 9.08. The second kappa shape index (κ2) is 6.58. The number of sulfonamides is 1. The summed E-state index contributed by atoms with van der Waals surface area (Å²) in [6.45, 7) is 0. The van der Waals surface area contributed by atoms with Crippen molar-refractivity contribution >= 4 is 38.9 Å². The number of aromatic hydroxyl groups is 1. The predicted molar refractivity (Wildman–Crippen MR) is 82.1 cm³/mol. The molecule has 0 aliphatic rings. The molecule has 2 rings (SSSR count). The quantitative estimate of drug-likeness (QED) is 0.744. The van der Waals surface area contributed by atoms with Gasteiger partial charge in [-0.2, -0.15) is 0 Å². The van der Waals surface area contributed by atoms with E-state index < -0.39 is 27.9 Å². The van der Waals surface area contributed by atoms with Crippen LogP contribution >= 0.6 is 23.2 Å². The zero-order valence-corrected chi connectivity index (χ0v) is 13.8. The van der Waals surface area contributed by atoms with Gasteiger partial charge in [0.25, 0.3) is 10.0 Å². The first-order chi connectivity index (χ1) is 11.0. The number of phenolic OH excluding ortho intramolecular Hbond substituents is 1. The summed E-state index contributed by atoms with van der Waals surface area (Å²) < 4.78 is 66.4. The van der Waals surface area contributed by atoms with E-state index in [4.69, 9.17) is 23.2 Å². The highest BCUT2D eigenvalue weighted by Crippen LogP contribution is 2.35. The van der Waals surface area contributed by atoms with Gasteiger partial charge in [-0.05, 0) is 36.4 Å². The van der Waals surface area contributed by atoms with Crippen LogP contribution in [0.5, 0.6) is 11.5 Å². The van der Waals surface area contributed by atoms with Gasteiger partial charge in [0.1, 0.15) is 5.75 Å². The lowest BCUT2D eigenvalue weighted by atomic mass is 10.3. The molecule has 5 nitrogen and oxygen atoms in total. The average molecular weight is 402 g/mol. The molecule has 0 amide bonds. The minimum absolute atomic E-state index is 0.0292. The maximum absolute atomic E-state index is 12.2. The Morgan fingerprint density at radius 2 is 1.54 bits per heavy atom. The van der Waals surface area contributed by atoms with Gasteiger partial charge >= 0.3 is 6.36 Å². The molecule has 0 atom stereocenters. The zero-order chi connectivity index (χ0) is 18.1. The topological polar surface area (TPSA) is 75.6 Å². The van der Waals surface area contributed by atoms with Crippen LogP contribution in [0.4, 0.5) is 18.9 Å². The van der Waals surface area contributed by atoms with Crippen molar-refractivity contribution in [2.24, 2.45) is 0 Å². The van der Waals surface area contributed by atoms with Crippen molar-refractivity contribution in [2.75, 3.05) is 4.72 Å². The minimum atomic E-state index is -4.88. The van der Waals surface area contributed by atoms with E-state index in [0.29, 0.717) is 0 Å². The Hall–Kier alpha value is -1.84. The molecule has 24 heavy (non-hydrogen) atoms. The number of phenols is 1. The number of alkyl halides is 3. The molecular weight excluding hydrogens is 394 g/mol. The summed E-state index contributed by atoms with van der Waals surface area (Å²) in [7, 11) is -4.11. The maximum Gasteiger partial charge on any atom is 0.573 e. The van der Waals surface area contributed by atoms with Crippen molar-refractivity contribution in [2.45, 2.75) is 11.3 Å². The molecule has 0 fully saturated rings. The molecule has 0 bridgehead atoms. The molecule has 0 aliphatic carbocycles. The summed E-state index contributed by atoms with van der Waals surface area (Å²) in [5.74, 6) is -0.966. The highest BCUT2D eigenvalue weighted by Gasteiger charge is 2.31. The first-order valence-electron chi connectivity index (χ1n) is 6.04. The van der Waals surface area contributed by atoms with E-state index in [1.54, 1.807) is 0 Å². The third-order valence-corrected chi connectivity index (χ3v) is 4.61. The van der Waals surface area contributed by atoms with Gasteiger partial charge in [-0.25, -0.2) is 8.42 Å². The second-order valence-electron chi connectivity index (χ2n) is 4.41. The second-order valence-corrected chi connectivity index (χ2v) is 6.91. The molecule has 2 aromatic carbocycles. The standard InChI is InChI=1S/C13H8Cl2F3NO4S/c14-10-5-7(6-11(15)12(10)20)19-24(21,22)9-3-1-8(2-4-9)23-13(16,17)18/h1-6,19-20H. The predicted octanol–water partition coefficient (Wildman–Crippen LogP) is 4.40. The van der Waals surface area contributed by atoms with Crippen LogP contribution in [0.15, 0.2) is 41.3 Å². The van der Waals surface area contributed by atoms with Crippen LogP contribution in [0.25, 0.3) is 0 Å². The lowest BCUT2D eigenvalue weighted by Crippen LogP contribution is -2.17. The van der Waals surface area contributed by atoms with Crippen molar-refractivity contribution in [1.82, 2.24) is 0 Å². The fourth-order valence-electron chi connectivity index (χ4n) is 1.66. The van der Waals surface area contributed by atoms with E-state index >= 15 is 0 Å². The largest absolute Gasteiger partial charge is 0.573 e. The van der Waals surface area contributed by atoms with Gasteiger partial charge in [-0.15, -0.1) is 13.2 Å². The van der Waals surface area contributed by atoms with Gasteiger partial charge in [0.05, 0.1) is 20.6 Å². The molecule has 0 heterocycles. The molecule has 0 radical (unpaired) electrons. The van der Waals surface area contributed by atoms with Crippen molar-refractivity contribution in [3.8, 4) is 11.5 Å². The molecule has 0 aliphatic heterocycles. The van der Waals surface area contributed by atoms with E-state index in [9.17, 15) is 26.7 Å². The molecular formula is C13H8Cl2F3NO4S. The molecule has 2 N–H and O–H groups in total. The SMILES string of the molecule is O=S(=O)(Nc1cc(Cl)c(O)c(Cl)c1)c1ccc(OC(F)(F)F)cc1. The van der Waals surface area contributed by atoms with Crippen molar-refractivity contribution in [3.63, 3.8) is 0 Å². The van der Waals surface area contributed by atoms with Gasteiger partial charge < -0.3 is 9.84 Å². The van der Waals surface area contributed by atoms with Crippen molar-refractivity contribution in [1.29, 1.82) is 0 Å². The van der Waals surface area contributed by atoms with Crippen LogP contribution in [-0.2, 0) is 10.0 Å². The van der Waals surface area contributed by atoms with Crippen LogP contribution in [0.1, 0.15) is 0 Å². The number of benzene rings is 2. The Kier molecular flexibility index (Phi) is 5.07. The van der Waals surface area contributed by atoms with Crippen LogP contribution in [0.3, 0.4) is 0 Å². The van der Waals surface area contributed by atoms with Gasteiger partial charge in [0, 0.05) is 0 Å². The zero-order valence-electron chi connectivity index (χ0n) is 11.4. The number of halogens is 5. The molecule has 0 spiro atoms. The van der Waals surface area contributed by atoms with E-state index in [1.807, 2.05) is 0 Å². The normalized spacial score (nSPS) is 12.0. The fourth-order valence-corrected chi connectivity index (χ4v) is 3.19. The van der Waals surface area contributed by atoms with E-state index in [0.717, 1.165) is 36.4 Å². The summed E-state index contributed by atoms with van der Waals surface area (Å²) in [6.07, 6.45) is -4.88. The number of hydrogen-bond acceptors (Lipinski definition) is 4. The molecule has 0 saturated heterocycles. The molecule has 0 saturated carbocycles. The minimum Gasteiger partial charge on any atom is -0.505 e.